The molecule has 2 saturated heterocycles. The Morgan fingerprint density at radius 3 is 2.81 bits per heavy atom. The van der Waals surface area contributed by atoms with E-state index < -0.39 is 5.92 Å². The zero-order chi connectivity index (χ0) is 25.1. The minimum atomic E-state index is -2.99. The van der Waals surface area contributed by atoms with E-state index >= 15 is 0 Å². The van der Waals surface area contributed by atoms with Crippen LogP contribution in [0.2, 0.25) is 0 Å². The summed E-state index contributed by atoms with van der Waals surface area (Å²) < 4.78 is 33.9. The Morgan fingerprint density at radius 1 is 1.25 bits per heavy atom. The highest BCUT2D eigenvalue weighted by molar-refractivity contribution is 6.08. The number of alkyl halides is 2. The van der Waals surface area contributed by atoms with Crippen molar-refractivity contribution in [1.29, 1.82) is 0 Å². The summed E-state index contributed by atoms with van der Waals surface area (Å²) in [7, 11) is 1.88. The first-order valence-electron chi connectivity index (χ1n) is 13.0. The average Bonchev–Trinajstić information content (AvgIpc) is 3.24. The summed E-state index contributed by atoms with van der Waals surface area (Å²) >= 11 is 0. The molecule has 1 aromatic carbocycles. The van der Waals surface area contributed by atoms with Gasteiger partial charge < -0.3 is 9.42 Å². The number of carbonyl (C=O) groups excluding carboxylic acids is 1. The van der Waals surface area contributed by atoms with Crippen LogP contribution in [0, 0.1) is 11.8 Å². The number of ketones is 1. The van der Waals surface area contributed by atoms with E-state index in [1.165, 1.54) is 6.07 Å². The number of benzene rings is 1. The fourth-order valence-electron chi connectivity index (χ4n) is 6.36. The molecule has 9 heteroatoms. The molecule has 3 aromatic rings. The number of aryl methyl sites for hydroxylation is 1. The average molecular weight is 498 g/mol. The third-order valence-corrected chi connectivity index (χ3v) is 8.56. The molecule has 0 amide bonds. The van der Waals surface area contributed by atoms with Crippen molar-refractivity contribution in [3.63, 3.8) is 0 Å². The monoisotopic (exact) mass is 497 g/mol. The van der Waals surface area contributed by atoms with E-state index in [-0.39, 0.29) is 17.0 Å². The largest absolute Gasteiger partial charge is 0.355 e. The van der Waals surface area contributed by atoms with Crippen molar-refractivity contribution in [1.82, 2.24) is 24.7 Å². The van der Waals surface area contributed by atoms with Gasteiger partial charge in [0.1, 0.15) is 0 Å². The van der Waals surface area contributed by atoms with Gasteiger partial charge in [0, 0.05) is 55.7 Å². The number of piperidine rings is 2. The number of nitrogens with zero attached hydrogens (tertiary/aromatic N) is 5. The number of rotatable bonds is 8. The van der Waals surface area contributed by atoms with Gasteiger partial charge >= 0.3 is 5.92 Å². The third-order valence-electron chi connectivity index (χ3n) is 8.56. The second kappa shape index (κ2) is 8.73. The van der Waals surface area contributed by atoms with E-state index in [0.29, 0.717) is 24.1 Å². The lowest BCUT2D eigenvalue weighted by atomic mass is 9.93. The summed E-state index contributed by atoms with van der Waals surface area (Å²) in [6, 6.07) is 7.22. The molecule has 1 aliphatic carbocycles. The summed E-state index contributed by atoms with van der Waals surface area (Å²) in [6.45, 7) is 6.11. The predicted molar refractivity (Wildman–Crippen MR) is 131 cm³/mol. The van der Waals surface area contributed by atoms with Crippen LogP contribution in [0.25, 0.3) is 10.9 Å². The first kappa shape index (κ1) is 23.7. The molecule has 0 unspecified atom stereocenters. The Morgan fingerprint density at radius 2 is 2.06 bits per heavy atom. The van der Waals surface area contributed by atoms with Gasteiger partial charge in [-0.3, -0.25) is 14.4 Å². The Kier molecular flexibility index (Phi) is 5.75. The number of carbonyl (C=O) groups is 1. The lowest BCUT2D eigenvalue weighted by molar-refractivity contribution is -0.0105. The number of aromatic nitrogens is 3. The second-order valence-electron chi connectivity index (χ2n) is 11.2. The van der Waals surface area contributed by atoms with Crippen LogP contribution in [0.3, 0.4) is 0 Å². The highest BCUT2D eigenvalue weighted by Crippen LogP contribution is 2.59. The Balaban J connectivity index is 0.972. The molecule has 0 spiro atoms. The van der Waals surface area contributed by atoms with Crippen LogP contribution < -0.4 is 0 Å². The quantitative estimate of drug-likeness (QED) is 0.434. The van der Waals surface area contributed by atoms with E-state index in [2.05, 4.69) is 20.1 Å². The maximum absolute atomic E-state index is 13.6. The Bertz CT molecular complexity index is 1270. The maximum Gasteiger partial charge on any atom is 0.304 e. The molecule has 1 saturated carbocycles. The first-order chi connectivity index (χ1) is 17.2. The lowest BCUT2D eigenvalue weighted by Crippen LogP contribution is -2.38. The van der Waals surface area contributed by atoms with Gasteiger partial charge in [0.15, 0.2) is 5.78 Å². The number of hydrogen-bond acceptors (Lipinski definition) is 6. The van der Waals surface area contributed by atoms with Crippen LogP contribution in [0.15, 0.2) is 35.0 Å². The van der Waals surface area contributed by atoms with Gasteiger partial charge in [-0.05, 0) is 63.2 Å². The van der Waals surface area contributed by atoms with Crippen molar-refractivity contribution in [2.45, 2.75) is 43.9 Å². The van der Waals surface area contributed by atoms with Crippen molar-refractivity contribution in [3.8, 4) is 0 Å². The van der Waals surface area contributed by atoms with Crippen LogP contribution >= 0.6 is 0 Å². The van der Waals surface area contributed by atoms with Gasteiger partial charge in [0.25, 0.3) is 0 Å². The van der Waals surface area contributed by atoms with Gasteiger partial charge in [0.2, 0.25) is 5.76 Å². The molecule has 3 aliphatic rings. The highest BCUT2D eigenvalue weighted by atomic mass is 19.3. The fraction of sp³-hybridized carbons (Fsp3) is 0.593. The molecular formula is C27H33F2N5O2. The van der Waals surface area contributed by atoms with E-state index in [0.717, 1.165) is 81.8 Å². The summed E-state index contributed by atoms with van der Waals surface area (Å²) in [6.07, 6.45) is 6.28. The third kappa shape index (κ3) is 4.36. The molecule has 0 N–H and O–H groups in total. The summed E-state index contributed by atoms with van der Waals surface area (Å²) in [5.74, 6) is -2.01. The summed E-state index contributed by atoms with van der Waals surface area (Å²) in [5, 5.41) is 9.35. The van der Waals surface area contributed by atoms with Crippen LogP contribution in [-0.2, 0) is 18.4 Å². The zero-order valence-corrected chi connectivity index (χ0v) is 20.9. The highest BCUT2D eigenvalue weighted by Gasteiger charge is 2.62. The number of likely N-dealkylation sites (tertiary alicyclic amines) is 2. The van der Waals surface area contributed by atoms with E-state index in [4.69, 9.17) is 4.52 Å². The topological polar surface area (TPSA) is 67.4 Å². The van der Waals surface area contributed by atoms with Gasteiger partial charge in [-0.1, -0.05) is 17.3 Å². The van der Waals surface area contributed by atoms with Crippen molar-refractivity contribution in [3.05, 3.63) is 47.5 Å². The first-order valence-corrected chi connectivity index (χ1v) is 13.0. The molecule has 2 atom stereocenters. The Labute approximate surface area is 209 Å². The van der Waals surface area contributed by atoms with Crippen LogP contribution in [0.5, 0.6) is 0 Å². The predicted octanol–water partition coefficient (Wildman–Crippen LogP) is 4.23. The fourth-order valence-corrected chi connectivity index (χ4v) is 6.36. The molecular weight excluding hydrogens is 464 g/mol. The molecule has 36 heavy (non-hydrogen) atoms. The minimum absolute atomic E-state index is 0.0894. The standard InChI is InChI=1S/C27H33F2N5O2/c1-26(28,29)25-12-24(31-36-25)27-13-19(27)14-34(17-27)11-8-18-6-9-33(10-7-18)16-23(35)20-4-3-5-22-21(20)15-32(2)30-22/h3-5,12,15,18-19H,6-11,13-14,16-17H2,1-2H3/t19-,27-/m0/s1. The van der Waals surface area contributed by atoms with E-state index in [9.17, 15) is 13.6 Å². The number of Topliss-reactive ketones (excluding diaryl/α,β-unsaturated/α-hetero) is 1. The number of fused-ring (bicyclic) bond motifs is 2. The summed E-state index contributed by atoms with van der Waals surface area (Å²) in [4.78, 5) is 17.8. The molecule has 192 valence electrons. The normalized spacial score (nSPS) is 25.5. The van der Waals surface area contributed by atoms with Gasteiger partial charge in [-0.15, -0.1) is 0 Å². The number of hydrogen-bond donors (Lipinski definition) is 0. The molecule has 0 radical (unpaired) electrons. The lowest BCUT2D eigenvalue weighted by Gasteiger charge is -2.32. The molecule has 6 rings (SSSR count). The Hall–Kier alpha value is -2.65. The SMILES string of the molecule is Cn1cc2c(C(=O)CN3CCC(CCN4C[C@@H]5C[C@]5(c5cc(C(C)(F)F)on5)C4)CC3)cccc2n1. The maximum atomic E-state index is 13.6. The molecule has 4 heterocycles. The smallest absolute Gasteiger partial charge is 0.304 e. The van der Waals surface area contributed by atoms with Crippen molar-refractivity contribution in [2.75, 3.05) is 39.3 Å². The van der Waals surface area contributed by atoms with Crippen molar-refractivity contribution >= 4 is 16.7 Å². The second-order valence-corrected chi connectivity index (χ2v) is 11.2. The molecule has 2 aromatic heterocycles. The molecule has 2 aliphatic heterocycles. The molecule has 3 fully saturated rings. The van der Waals surface area contributed by atoms with Crippen LogP contribution in [0.4, 0.5) is 8.78 Å². The summed E-state index contributed by atoms with van der Waals surface area (Å²) in [5.41, 5.74) is 2.22. The van der Waals surface area contributed by atoms with Gasteiger partial charge in [0.05, 0.1) is 17.8 Å². The molecule has 7 nitrogen and oxygen atoms in total. The van der Waals surface area contributed by atoms with Crippen LogP contribution in [-0.4, -0.2) is 69.8 Å². The van der Waals surface area contributed by atoms with Crippen molar-refractivity contribution in [2.24, 2.45) is 18.9 Å². The van der Waals surface area contributed by atoms with Crippen LogP contribution in [0.1, 0.15) is 54.4 Å². The minimum Gasteiger partial charge on any atom is -0.355 e. The van der Waals surface area contributed by atoms with Gasteiger partial charge in [-0.25, -0.2) is 0 Å². The zero-order valence-electron chi connectivity index (χ0n) is 20.9. The molecule has 0 bridgehead atoms. The van der Waals surface area contributed by atoms with E-state index in [1.807, 2.05) is 31.4 Å². The van der Waals surface area contributed by atoms with Crippen molar-refractivity contribution < 1.29 is 18.1 Å². The number of halogens is 2. The van der Waals surface area contributed by atoms with E-state index in [1.54, 1.807) is 4.68 Å². The van der Waals surface area contributed by atoms with Gasteiger partial charge in [-0.2, -0.15) is 13.9 Å².